The largest absolute Gasteiger partial charge is 0.439 e. The molecular formula is C16H16BrN3O3S. The van der Waals surface area contributed by atoms with Crippen LogP contribution in [0.1, 0.15) is 12.3 Å². The molecule has 24 heavy (non-hydrogen) atoms. The van der Waals surface area contributed by atoms with Gasteiger partial charge in [-0.3, -0.25) is 9.69 Å². The third kappa shape index (κ3) is 3.49. The second kappa shape index (κ2) is 7.40. The van der Waals surface area contributed by atoms with E-state index in [2.05, 4.69) is 26.2 Å². The smallest absolute Gasteiger partial charge is 0.325 e. The van der Waals surface area contributed by atoms with Gasteiger partial charge in [0.15, 0.2) is 5.76 Å². The molecule has 2 aromatic rings. The standard InChI is InChI=1S/C16H16BrN3O3S/c1-24-7-6-12-15(21)20(16(22)19-12)9-14-18-8-13(23-14)10-4-2-3-5-11(10)17/h2-5,8,12H,6-7,9H2,1H3,(H,19,22). The number of amides is 3. The summed E-state index contributed by atoms with van der Waals surface area (Å²) in [6, 6.07) is 6.77. The first-order chi connectivity index (χ1) is 11.6. The number of benzene rings is 1. The van der Waals surface area contributed by atoms with Gasteiger partial charge in [0.25, 0.3) is 5.91 Å². The number of halogens is 1. The van der Waals surface area contributed by atoms with Gasteiger partial charge in [0.1, 0.15) is 12.6 Å². The number of hydrogen-bond donors (Lipinski definition) is 1. The van der Waals surface area contributed by atoms with Crippen molar-refractivity contribution >= 4 is 39.6 Å². The average molecular weight is 410 g/mol. The third-order valence-electron chi connectivity index (χ3n) is 3.70. The van der Waals surface area contributed by atoms with E-state index in [0.717, 1.165) is 20.7 Å². The minimum absolute atomic E-state index is 0.0326. The molecule has 1 atom stereocenters. The molecule has 2 heterocycles. The monoisotopic (exact) mass is 409 g/mol. The number of thioether (sulfide) groups is 1. The van der Waals surface area contributed by atoms with Crippen molar-refractivity contribution in [3.8, 4) is 11.3 Å². The summed E-state index contributed by atoms with van der Waals surface area (Å²) in [6.07, 6.45) is 4.18. The van der Waals surface area contributed by atoms with Crippen LogP contribution in [0.2, 0.25) is 0 Å². The van der Waals surface area contributed by atoms with Crippen molar-refractivity contribution in [2.45, 2.75) is 19.0 Å². The van der Waals surface area contributed by atoms with Crippen LogP contribution in [0.4, 0.5) is 4.79 Å². The Hall–Kier alpha value is -1.80. The van der Waals surface area contributed by atoms with Crippen LogP contribution in [0.3, 0.4) is 0 Å². The first-order valence-corrected chi connectivity index (χ1v) is 9.59. The van der Waals surface area contributed by atoms with Crippen LogP contribution in [0.5, 0.6) is 0 Å². The zero-order valence-corrected chi connectivity index (χ0v) is 15.4. The van der Waals surface area contributed by atoms with Crippen molar-refractivity contribution in [2.75, 3.05) is 12.0 Å². The summed E-state index contributed by atoms with van der Waals surface area (Å²) in [4.78, 5) is 29.7. The maximum Gasteiger partial charge on any atom is 0.325 e. The zero-order valence-electron chi connectivity index (χ0n) is 13.0. The van der Waals surface area contributed by atoms with Crippen molar-refractivity contribution in [1.82, 2.24) is 15.2 Å². The van der Waals surface area contributed by atoms with Gasteiger partial charge in [-0.1, -0.05) is 34.1 Å². The Balaban J connectivity index is 1.72. The fourth-order valence-electron chi connectivity index (χ4n) is 2.46. The van der Waals surface area contributed by atoms with Crippen LogP contribution in [0, 0.1) is 0 Å². The second-order valence-electron chi connectivity index (χ2n) is 5.31. The van der Waals surface area contributed by atoms with Gasteiger partial charge in [-0.25, -0.2) is 9.78 Å². The van der Waals surface area contributed by atoms with E-state index in [1.807, 2.05) is 30.5 Å². The van der Waals surface area contributed by atoms with Crippen LogP contribution >= 0.6 is 27.7 Å². The van der Waals surface area contributed by atoms with Crippen LogP contribution in [-0.4, -0.2) is 39.9 Å². The van der Waals surface area contributed by atoms with E-state index in [9.17, 15) is 9.59 Å². The molecule has 8 heteroatoms. The van der Waals surface area contributed by atoms with E-state index in [1.54, 1.807) is 18.0 Å². The number of carbonyl (C=O) groups excluding carboxylic acids is 2. The summed E-state index contributed by atoms with van der Waals surface area (Å²) in [7, 11) is 0. The number of aromatic nitrogens is 1. The van der Waals surface area contributed by atoms with E-state index < -0.39 is 12.1 Å². The number of carbonyl (C=O) groups is 2. The van der Waals surface area contributed by atoms with Crippen LogP contribution in [0.15, 0.2) is 39.4 Å². The van der Waals surface area contributed by atoms with Crippen molar-refractivity contribution in [2.24, 2.45) is 0 Å². The van der Waals surface area contributed by atoms with Gasteiger partial charge in [0.05, 0.1) is 6.20 Å². The lowest BCUT2D eigenvalue weighted by Crippen LogP contribution is -2.31. The van der Waals surface area contributed by atoms with Gasteiger partial charge in [0.2, 0.25) is 5.89 Å². The number of nitrogens with zero attached hydrogens (tertiary/aromatic N) is 2. The van der Waals surface area contributed by atoms with Gasteiger partial charge in [-0.05, 0) is 24.5 Å². The summed E-state index contributed by atoms with van der Waals surface area (Å²) >= 11 is 5.10. The van der Waals surface area contributed by atoms with E-state index in [0.29, 0.717) is 18.1 Å². The Bertz CT molecular complexity index is 765. The Morgan fingerprint density at radius 2 is 2.17 bits per heavy atom. The van der Waals surface area contributed by atoms with Gasteiger partial charge in [0, 0.05) is 10.0 Å². The molecule has 1 aromatic carbocycles. The molecule has 0 spiro atoms. The van der Waals surface area contributed by atoms with E-state index in [-0.39, 0.29) is 12.5 Å². The van der Waals surface area contributed by atoms with Gasteiger partial charge in [-0.2, -0.15) is 11.8 Å². The Morgan fingerprint density at radius 1 is 1.38 bits per heavy atom. The fourth-order valence-corrected chi connectivity index (χ4v) is 3.41. The number of hydrogen-bond acceptors (Lipinski definition) is 5. The van der Waals surface area contributed by atoms with E-state index >= 15 is 0 Å². The molecular weight excluding hydrogens is 394 g/mol. The van der Waals surface area contributed by atoms with Crippen LogP contribution in [0.25, 0.3) is 11.3 Å². The number of urea groups is 1. The topological polar surface area (TPSA) is 75.4 Å². The van der Waals surface area contributed by atoms with Gasteiger partial charge < -0.3 is 9.73 Å². The van der Waals surface area contributed by atoms with Crippen molar-refractivity contribution in [1.29, 1.82) is 0 Å². The molecule has 0 aliphatic carbocycles. The van der Waals surface area contributed by atoms with E-state index in [1.165, 1.54) is 0 Å². The molecule has 0 bridgehead atoms. The molecule has 1 saturated heterocycles. The third-order valence-corrected chi connectivity index (χ3v) is 5.04. The SMILES string of the molecule is CSCCC1NC(=O)N(Cc2ncc(-c3ccccc3Br)o2)C1=O. The maximum atomic E-state index is 12.3. The fraction of sp³-hybridized carbons (Fsp3) is 0.312. The van der Waals surface area contributed by atoms with Gasteiger partial charge in [-0.15, -0.1) is 0 Å². The minimum Gasteiger partial charge on any atom is -0.439 e. The minimum atomic E-state index is -0.456. The highest BCUT2D eigenvalue weighted by molar-refractivity contribution is 9.10. The first-order valence-electron chi connectivity index (χ1n) is 7.40. The molecule has 0 radical (unpaired) electrons. The lowest BCUT2D eigenvalue weighted by atomic mass is 10.2. The van der Waals surface area contributed by atoms with Crippen LogP contribution < -0.4 is 5.32 Å². The lowest BCUT2D eigenvalue weighted by molar-refractivity contribution is -0.128. The summed E-state index contributed by atoms with van der Waals surface area (Å²) < 4.78 is 6.60. The predicted octanol–water partition coefficient (Wildman–Crippen LogP) is 3.28. The molecule has 3 rings (SSSR count). The number of nitrogens with one attached hydrogen (secondary N) is 1. The summed E-state index contributed by atoms with van der Waals surface area (Å²) in [5, 5.41) is 2.70. The average Bonchev–Trinajstić information content (AvgIpc) is 3.14. The van der Waals surface area contributed by atoms with E-state index in [4.69, 9.17) is 4.42 Å². The molecule has 1 aliphatic rings. The molecule has 1 N–H and O–H groups in total. The quantitative estimate of drug-likeness (QED) is 0.740. The summed E-state index contributed by atoms with van der Waals surface area (Å²) in [6.45, 7) is 0.0326. The number of imide groups is 1. The van der Waals surface area contributed by atoms with Crippen molar-refractivity contribution in [3.05, 3.63) is 40.8 Å². The molecule has 3 amide bonds. The molecule has 1 fully saturated rings. The molecule has 126 valence electrons. The second-order valence-corrected chi connectivity index (χ2v) is 7.15. The Labute approximate surface area is 152 Å². The van der Waals surface area contributed by atoms with Crippen molar-refractivity contribution < 1.29 is 14.0 Å². The normalized spacial score (nSPS) is 17.4. The zero-order chi connectivity index (χ0) is 17.1. The van der Waals surface area contributed by atoms with Gasteiger partial charge >= 0.3 is 6.03 Å². The lowest BCUT2D eigenvalue weighted by Gasteiger charge is -2.10. The first kappa shape index (κ1) is 17.0. The number of rotatable bonds is 6. The summed E-state index contributed by atoms with van der Waals surface area (Å²) in [5.41, 5.74) is 0.867. The summed E-state index contributed by atoms with van der Waals surface area (Å²) in [5.74, 6) is 1.50. The molecule has 1 aromatic heterocycles. The predicted molar refractivity (Wildman–Crippen MR) is 95.5 cm³/mol. The molecule has 0 saturated carbocycles. The highest BCUT2D eigenvalue weighted by Gasteiger charge is 2.38. The number of oxazole rings is 1. The van der Waals surface area contributed by atoms with Crippen LogP contribution in [-0.2, 0) is 11.3 Å². The Kier molecular flexibility index (Phi) is 5.25. The Morgan fingerprint density at radius 3 is 2.92 bits per heavy atom. The highest BCUT2D eigenvalue weighted by atomic mass is 79.9. The highest BCUT2D eigenvalue weighted by Crippen LogP contribution is 2.28. The van der Waals surface area contributed by atoms with Crippen molar-refractivity contribution in [3.63, 3.8) is 0 Å². The molecule has 1 aliphatic heterocycles. The molecule has 6 nitrogen and oxygen atoms in total. The molecule has 1 unspecified atom stereocenters. The maximum absolute atomic E-state index is 12.3.